The number of guanidine groups is 1. The zero-order chi connectivity index (χ0) is 23.7. The van der Waals surface area contributed by atoms with Gasteiger partial charge in [-0.2, -0.15) is 18.4 Å². The minimum Gasteiger partial charge on any atom is -0.331 e. The van der Waals surface area contributed by atoms with Crippen molar-refractivity contribution in [1.82, 2.24) is 15.5 Å². The van der Waals surface area contributed by atoms with Crippen LogP contribution in [0.4, 0.5) is 23.7 Å². The maximum absolute atomic E-state index is 13.1. The molecule has 1 aliphatic heterocycles. The average Bonchev–Trinajstić information content (AvgIpc) is 3.48. The zero-order valence-corrected chi connectivity index (χ0v) is 18.8. The van der Waals surface area contributed by atoms with Gasteiger partial charge in [0, 0.05) is 18.4 Å². The van der Waals surface area contributed by atoms with Crippen molar-refractivity contribution in [2.24, 2.45) is 5.92 Å². The van der Waals surface area contributed by atoms with Crippen molar-refractivity contribution >= 4 is 36.0 Å². The zero-order valence-electron chi connectivity index (χ0n) is 18.0. The molecule has 8 nitrogen and oxygen atoms in total. The van der Waals surface area contributed by atoms with E-state index in [0.29, 0.717) is 0 Å². The number of benzene rings is 1. The normalized spacial score (nSPS) is 17.5. The SMILES string of the molecule is CC1(C)CN(C(=N)NC=C(C#N)C(=O)N(CC2CC2)c2cccc(C(F)(F)F)c2)C(=O)N1.Cl. The molecule has 33 heavy (non-hydrogen) atoms. The number of urea groups is 1. The number of carbonyl (C=O) groups is 2. The first kappa shape index (κ1) is 26.0. The van der Waals surface area contributed by atoms with Gasteiger partial charge in [0.1, 0.15) is 11.6 Å². The van der Waals surface area contributed by atoms with E-state index in [1.165, 1.54) is 12.1 Å². The topological polar surface area (TPSA) is 112 Å². The number of rotatable bonds is 5. The third kappa shape index (κ3) is 6.38. The fraction of sp³-hybridized carbons (Fsp3) is 0.429. The summed E-state index contributed by atoms with van der Waals surface area (Å²) in [7, 11) is 0. The standard InChI is InChI=1S/C21H23F3N6O2.ClH/c1-20(2)12-30(19(32)28-20)18(26)27-10-14(9-25)17(31)29(11-13-6-7-13)16-5-3-4-15(8-16)21(22,23)24;/h3-5,8,10,13H,6-7,11-12H2,1-2H3,(H2,26,27)(H,28,32);1H. The van der Waals surface area contributed by atoms with Crippen LogP contribution in [-0.4, -0.2) is 41.4 Å². The second-order valence-electron chi connectivity index (χ2n) is 8.47. The smallest absolute Gasteiger partial charge is 0.331 e. The summed E-state index contributed by atoms with van der Waals surface area (Å²) in [6.45, 7) is 3.95. The second kappa shape index (κ2) is 9.70. The molecule has 1 heterocycles. The van der Waals surface area contributed by atoms with E-state index in [4.69, 9.17) is 5.41 Å². The molecule has 1 aromatic carbocycles. The van der Waals surface area contributed by atoms with Crippen LogP contribution in [0.3, 0.4) is 0 Å². The Bertz CT molecular complexity index is 1010. The van der Waals surface area contributed by atoms with E-state index in [2.05, 4.69) is 10.6 Å². The van der Waals surface area contributed by atoms with E-state index in [1.807, 2.05) is 0 Å². The molecule has 0 aromatic heterocycles. The Morgan fingerprint density at radius 1 is 1.42 bits per heavy atom. The summed E-state index contributed by atoms with van der Waals surface area (Å²) in [4.78, 5) is 27.3. The van der Waals surface area contributed by atoms with Crippen LogP contribution < -0.4 is 15.5 Å². The molecule has 12 heteroatoms. The first-order valence-corrected chi connectivity index (χ1v) is 9.95. The minimum absolute atomic E-state index is 0. The van der Waals surface area contributed by atoms with Crippen LogP contribution in [0.5, 0.6) is 0 Å². The lowest BCUT2D eigenvalue weighted by Crippen LogP contribution is -2.41. The van der Waals surface area contributed by atoms with Crippen molar-refractivity contribution in [1.29, 1.82) is 10.7 Å². The molecule has 0 radical (unpaired) electrons. The Balaban J connectivity index is 0.00000385. The molecule has 3 amide bonds. The Hall–Kier alpha value is -3.26. The number of nitrogens with one attached hydrogen (secondary N) is 3. The van der Waals surface area contributed by atoms with Gasteiger partial charge >= 0.3 is 12.2 Å². The fourth-order valence-electron chi connectivity index (χ4n) is 3.26. The van der Waals surface area contributed by atoms with E-state index in [1.54, 1.807) is 19.9 Å². The molecule has 2 fully saturated rings. The maximum atomic E-state index is 13.1. The van der Waals surface area contributed by atoms with E-state index in [9.17, 15) is 28.0 Å². The summed E-state index contributed by atoms with van der Waals surface area (Å²) in [5.41, 5.74) is -1.80. The first-order chi connectivity index (χ1) is 14.9. The van der Waals surface area contributed by atoms with Gasteiger partial charge in [0.15, 0.2) is 0 Å². The number of hydrogen-bond donors (Lipinski definition) is 3. The van der Waals surface area contributed by atoms with Crippen molar-refractivity contribution in [2.45, 2.75) is 38.4 Å². The summed E-state index contributed by atoms with van der Waals surface area (Å²) >= 11 is 0. The van der Waals surface area contributed by atoms with Crippen LogP contribution in [0.1, 0.15) is 32.3 Å². The third-order valence-electron chi connectivity index (χ3n) is 5.09. The van der Waals surface area contributed by atoms with Gasteiger partial charge in [-0.15, -0.1) is 12.4 Å². The summed E-state index contributed by atoms with van der Waals surface area (Å²) in [5, 5.41) is 22.7. The lowest BCUT2D eigenvalue weighted by atomic mass is 10.1. The van der Waals surface area contributed by atoms with Crippen LogP contribution in [0.2, 0.25) is 0 Å². The van der Waals surface area contributed by atoms with Gasteiger partial charge in [-0.1, -0.05) is 6.07 Å². The summed E-state index contributed by atoms with van der Waals surface area (Å²) in [5.74, 6) is -0.970. The molecular formula is C21H24ClF3N6O2. The predicted octanol–water partition coefficient (Wildman–Crippen LogP) is 3.61. The van der Waals surface area contributed by atoms with Crippen LogP contribution >= 0.6 is 12.4 Å². The second-order valence-corrected chi connectivity index (χ2v) is 8.47. The number of carbonyl (C=O) groups excluding carboxylic acids is 2. The number of anilines is 1. The van der Waals surface area contributed by atoms with Crippen molar-refractivity contribution in [2.75, 3.05) is 18.0 Å². The van der Waals surface area contributed by atoms with Crippen LogP contribution in [0, 0.1) is 22.7 Å². The molecule has 0 atom stereocenters. The third-order valence-corrected chi connectivity index (χ3v) is 5.09. The number of nitriles is 1. The van der Waals surface area contributed by atoms with Gasteiger partial charge in [0.25, 0.3) is 5.91 Å². The Labute approximate surface area is 195 Å². The summed E-state index contributed by atoms with van der Waals surface area (Å²) in [6, 6.07) is 5.62. The van der Waals surface area contributed by atoms with Crippen LogP contribution in [0.25, 0.3) is 0 Å². The first-order valence-electron chi connectivity index (χ1n) is 9.95. The van der Waals surface area contributed by atoms with Crippen molar-refractivity contribution in [3.05, 3.63) is 41.6 Å². The molecule has 0 unspecified atom stereocenters. The van der Waals surface area contributed by atoms with E-state index in [-0.39, 0.29) is 43.1 Å². The molecule has 1 saturated carbocycles. The van der Waals surface area contributed by atoms with E-state index < -0.39 is 34.8 Å². The van der Waals surface area contributed by atoms with Gasteiger partial charge in [-0.05, 0) is 50.8 Å². The van der Waals surface area contributed by atoms with Gasteiger partial charge < -0.3 is 15.5 Å². The highest BCUT2D eigenvalue weighted by Gasteiger charge is 2.37. The molecule has 1 aromatic rings. The highest BCUT2D eigenvalue weighted by molar-refractivity contribution is 6.08. The highest BCUT2D eigenvalue weighted by Crippen LogP contribution is 2.35. The molecule has 1 saturated heterocycles. The molecule has 0 spiro atoms. The van der Waals surface area contributed by atoms with Gasteiger partial charge in [0.2, 0.25) is 5.96 Å². The molecule has 3 N–H and O–H groups in total. The molecule has 2 aliphatic rings. The summed E-state index contributed by atoms with van der Waals surface area (Å²) < 4.78 is 39.4. The van der Waals surface area contributed by atoms with Crippen LogP contribution in [0.15, 0.2) is 36.0 Å². The van der Waals surface area contributed by atoms with Crippen molar-refractivity contribution in [3.63, 3.8) is 0 Å². The van der Waals surface area contributed by atoms with Gasteiger partial charge in [-0.3, -0.25) is 15.1 Å². The number of hydrogen-bond acceptors (Lipinski definition) is 4. The Morgan fingerprint density at radius 3 is 2.61 bits per heavy atom. The maximum Gasteiger partial charge on any atom is 0.416 e. The Kier molecular flexibility index (Phi) is 7.64. The summed E-state index contributed by atoms with van der Waals surface area (Å²) in [6.07, 6.45) is -1.89. The molecule has 1 aliphatic carbocycles. The monoisotopic (exact) mass is 484 g/mol. The van der Waals surface area contributed by atoms with E-state index in [0.717, 1.165) is 41.0 Å². The average molecular weight is 485 g/mol. The highest BCUT2D eigenvalue weighted by atomic mass is 35.5. The van der Waals surface area contributed by atoms with Crippen molar-refractivity contribution < 1.29 is 22.8 Å². The Morgan fingerprint density at radius 2 is 2.09 bits per heavy atom. The molecule has 3 rings (SSSR count). The quantitative estimate of drug-likeness (QED) is 0.256. The van der Waals surface area contributed by atoms with Crippen molar-refractivity contribution in [3.8, 4) is 6.07 Å². The predicted molar refractivity (Wildman–Crippen MR) is 118 cm³/mol. The molecule has 178 valence electrons. The van der Waals surface area contributed by atoms with Gasteiger partial charge in [-0.25, -0.2) is 4.79 Å². The molecular weight excluding hydrogens is 461 g/mol. The fourth-order valence-corrected chi connectivity index (χ4v) is 3.26. The molecule has 0 bridgehead atoms. The van der Waals surface area contributed by atoms with Gasteiger partial charge in [0.05, 0.1) is 17.6 Å². The number of alkyl halides is 3. The van der Waals surface area contributed by atoms with Crippen LogP contribution in [-0.2, 0) is 11.0 Å². The lowest BCUT2D eigenvalue weighted by Gasteiger charge is -2.24. The lowest BCUT2D eigenvalue weighted by molar-refractivity contribution is -0.137. The number of halogens is 4. The number of nitrogens with zero attached hydrogens (tertiary/aromatic N) is 3. The number of amides is 3. The van der Waals surface area contributed by atoms with E-state index >= 15 is 0 Å². The minimum atomic E-state index is -4.57. The largest absolute Gasteiger partial charge is 0.416 e.